The molecule has 0 radical (unpaired) electrons. The van der Waals surface area contributed by atoms with Gasteiger partial charge in [-0.3, -0.25) is 4.90 Å². The van der Waals surface area contributed by atoms with E-state index in [1.807, 2.05) is 0 Å². The third-order valence-electron chi connectivity index (χ3n) is 2.88. The van der Waals surface area contributed by atoms with Gasteiger partial charge in [-0.15, -0.1) is 0 Å². The zero-order chi connectivity index (χ0) is 13.0. The summed E-state index contributed by atoms with van der Waals surface area (Å²) in [5.74, 6) is -3.78. The van der Waals surface area contributed by atoms with Crippen LogP contribution in [0.5, 0.6) is 0 Å². The lowest BCUT2D eigenvalue weighted by Gasteiger charge is -2.26. The highest BCUT2D eigenvalue weighted by Gasteiger charge is 2.14. The van der Waals surface area contributed by atoms with Gasteiger partial charge < -0.3 is 10.1 Å². The van der Waals surface area contributed by atoms with E-state index in [0.717, 1.165) is 19.2 Å². The van der Waals surface area contributed by atoms with Crippen molar-refractivity contribution in [2.45, 2.75) is 0 Å². The van der Waals surface area contributed by atoms with Gasteiger partial charge in [0.15, 0.2) is 17.5 Å². The first-order chi connectivity index (χ1) is 8.68. The maximum atomic E-state index is 13.3. The van der Waals surface area contributed by atoms with E-state index in [4.69, 9.17) is 4.74 Å². The summed E-state index contributed by atoms with van der Waals surface area (Å²) in [5, 5.41) is 2.76. The van der Waals surface area contributed by atoms with Gasteiger partial charge in [0.1, 0.15) is 0 Å². The molecule has 1 heterocycles. The Morgan fingerprint density at radius 3 is 2.56 bits per heavy atom. The number of nitrogens with one attached hydrogen (secondary N) is 1. The van der Waals surface area contributed by atoms with E-state index < -0.39 is 17.5 Å². The van der Waals surface area contributed by atoms with Crippen LogP contribution in [0.3, 0.4) is 0 Å². The third-order valence-corrected chi connectivity index (χ3v) is 2.88. The maximum absolute atomic E-state index is 13.3. The van der Waals surface area contributed by atoms with Gasteiger partial charge in [-0.25, -0.2) is 13.2 Å². The van der Waals surface area contributed by atoms with Gasteiger partial charge in [-0.2, -0.15) is 0 Å². The van der Waals surface area contributed by atoms with E-state index in [9.17, 15) is 13.2 Å². The molecule has 6 heteroatoms. The van der Waals surface area contributed by atoms with Crippen molar-refractivity contribution < 1.29 is 17.9 Å². The molecule has 0 bridgehead atoms. The van der Waals surface area contributed by atoms with Crippen LogP contribution in [0.1, 0.15) is 0 Å². The number of nitrogens with zero attached hydrogens (tertiary/aromatic N) is 1. The van der Waals surface area contributed by atoms with Crippen molar-refractivity contribution in [3.8, 4) is 0 Å². The molecule has 0 saturated carbocycles. The lowest BCUT2D eigenvalue weighted by atomic mass is 10.2. The molecule has 18 heavy (non-hydrogen) atoms. The highest BCUT2D eigenvalue weighted by Crippen LogP contribution is 2.19. The molecule has 1 saturated heterocycles. The summed E-state index contributed by atoms with van der Waals surface area (Å²) in [6, 6.07) is 2.11. The summed E-state index contributed by atoms with van der Waals surface area (Å²) in [7, 11) is 0. The van der Waals surface area contributed by atoms with Gasteiger partial charge in [-0.05, 0) is 12.1 Å². The molecule has 2 rings (SSSR count). The average Bonchev–Trinajstić information content (AvgIpc) is 2.40. The Morgan fingerprint density at radius 1 is 1.11 bits per heavy atom. The molecule has 0 aliphatic carbocycles. The fourth-order valence-electron chi connectivity index (χ4n) is 1.84. The lowest BCUT2D eigenvalue weighted by Crippen LogP contribution is -2.39. The predicted octanol–water partition coefficient (Wildman–Crippen LogP) is 1.85. The minimum atomic E-state index is -1.44. The largest absolute Gasteiger partial charge is 0.381 e. The Hall–Kier alpha value is -1.27. The van der Waals surface area contributed by atoms with Gasteiger partial charge in [0, 0.05) is 26.2 Å². The van der Waals surface area contributed by atoms with Crippen molar-refractivity contribution in [1.82, 2.24) is 4.90 Å². The van der Waals surface area contributed by atoms with E-state index in [-0.39, 0.29) is 5.69 Å². The van der Waals surface area contributed by atoms with Crippen molar-refractivity contribution in [2.75, 3.05) is 44.7 Å². The molecule has 0 amide bonds. The molecular formula is C12H15F3N2O. The van der Waals surface area contributed by atoms with Crippen molar-refractivity contribution in [3.05, 3.63) is 29.6 Å². The van der Waals surface area contributed by atoms with Crippen molar-refractivity contribution in [3.63, 3.8) is 0 Å². The maximum Gasteiger partial charge on any atom is 0.196 e. The highest BCUT2D eigenvalue weighted by molar-refractivity contribution is 5.45. The Morgan fingerprint density at radius 2 is 1.83 bits per heavy atom. The molecule has 1 aliphatic rings. The van der Waals surface area contributed by atoms with Gasteiger partial charge in [0.2, 0.25) is 0 Å². The molecule has 1 aromatic rings. The molecule has 1 fully saturated rings. The minimum absolute atomic E-state index is 0.0119. The van der Waals surface area contributed by atoms with Crippen LogP contribution in [0.25, 0.3) is 0 Å². The van der Waals surface area contributed by atoms with E-state index in [0.29, 0.717) is 26.3 Å². The number of morpholine rings is 1. The fraction of sp³-hybridized carbons (Fsp3) is 0.500. The Bertz CT molecular complexity index is 409. The summed E-state index contributed by atoms with van der Waals surface area (Å²) in [6.45, 7) is 4.24. The van der Waals surface area contributed by atoms with Gasteiger partial charge in [0.25, 0.3) is 0 Å². The molecule has 1 aliphatic heterocycles. The second-order valence-electron chi connectivity index (χ2n) is 4.10. The molecule has 0 unspecified atom stereocenters. The number of anilines is 1. The second-order valence-corrected chi connectivity index (χ2v) is 4.10. The van der Waals surface area contributed by atoms with E-state index in [1.54, 1.807) is 0 Å². The molecule has 0 aromatic heterocycles. The van der Waals surface area contributed by atoms with Crippen molar-refractivity contribution >= 4 is 5.69 Å². The topological polar surface area (TPSA) is 24.5 Å². The SMILES string of the molecule is Fc1ccc(NCCN2CCOCC2)c(F)c1F. The lowest BCUT2D eigenvalue weighted by molar-refractivity contribution is 0.0398. The van der Waals surface area contributed by atoms with Crippen LogP contribution in [0, 0.1) is 17.5 Å². The summed E-state index contributed by atoms with van der Waals surface area (Å²) < 4.78 is 44.2. The van der Waals surface area contributed by atoms with Gasteiger partial charge >= 0.3 is 0 Å². The first-order valence-corrected chi connectivity index (χ1v) is 5.86. The number of ether oxygens (including phenoxy) is 1. The fourth-order valence-corrected chi connectivity index (χ4v) is 1.84. The van der Waals surface area contributed by atoms with E-state index in [1.165, 1.54) is 6.07 Å². The molecule has 3 nitrogen and oxygen atoms in total. The zero-order valence-electron chi connectivity index (χ0n) is 9.89. The quantitative estimate of drug-likeness (QED) is 0.836. The van der Waals surface area contributed by atoms with Crippen LogP contribution in [-0.2, 0) is 4.74 Å². The monoisotopic (exact) mass is 260 g/mol. The minimum Gasteiger partial charge on any atom is -0.381 e. The van der Waals surface area contributed by atoms with Crippen LogP contribution in [-0.4, -0.2) is 44.3 Å². The number of rotatable bonds is 4. The summed E-state index contributed by atoms with van der Waals surface area (Å²) in [5.41, 5.74) is -0.0119. The molecule has 0 atom stereocenters. The van der Waals surface area contributed by atoms with E-state index >= 15 is 0 Å². The predicted molar refractivity (Wildman–Crippen MR) is 62.1 cm³/mol. The van der Waals surface area contributed by atoms with Gasteiger partial charge in [0.05, 0.1) is 18.9 Å². The molecule has 0 spiro atoms. The summed E-state index contributed by atoms with van der Waals surface area (Å²) >= 11 is 0. The zero-order valence-corrected chi connectivity index (χ0v) is 9.89. The number of benzene rings is 1. The van der Waals surface area contributed by atoms with Crippen LogP contribution in [0.2, 0.25) is 0 Å². The smallest absolute Gasteiger partial charge is 0.196 e. The summed E-state index contributed by atoms with van der Waals surface area (Å²) in [4.78, 5) is 2.16. The van der Waals surface area contributed by atoms with Crippen molar-refractivity contribution in [1.29, 1.82) is 0 Å². The van der Waals surface area contributed by atoms with Crippen molar-refractivity contribution in [2.24, 2.45) is 0 Å². The number of halogens is 3. The first kappa shape index (κ1) is 13.2. The Kier molecular flexibility index (Phi) is 4.43. The molecular weight excluding hydrogens is 245 g/mol. The molecule has 1 N–H and O–H groups in total. The Labute approximate surface area is 104 Å². The van der Waals surface area contributed by atoms with Crippen LogP contribution >= 0.6 is 0 Å². The Balaban J connectivity index is 1.84. The molecule has 1 aromatic carbocycles. The number of hydrogen-bond acceptors (Lipinski definition) is 3. The second kappa shape index (κ2) is 6.06. The molecule has 100 valence electrons. The average molecular weight is 260 g/mol. The van der Waals surface area contributed by atoms with Gasteiger partial charge in [-0.1, -0.05) is 0 Å². The number of hydrogen-bond donors (Lipinski definition) is 1. The van der Waals surface area contributed by atoms with Crippen LogP contribution in [0.15, 0.2) is 12.1 Å². The third kappa shape index (κ3) is 3.14. The van der Waals surface area contributed by atoms with Crippen LogP contribution < -0.4 is 5.32 Å². The first-order valence-electron chi connectivity index (χ1n) is 5.86. The normalized spacial score (nSPS) is 16.8. The summed E-state index contributed by atoms with van der Waals surface area (Å²) in [6.07, 6.45) is 0. The standard InChI is InChI=1S/C12H15F3N2O/c13-9-1-2-10(12(15)11(9)14)16-3-4-17-5-7-18-8-6-17/h1-2,16H,3-8H2. The van der Waals surface area contributed by atoms with E-state index in [2.05, 4.69) is 10.2 Å². The highest BCUT2D eigenvalue weighted by atomic mass is 19.2. The van der Waals surface area contributed by atoms with Crippen LogP contribution in [0.4, 0.5) is 18.9 Å².